The zero-order valence-electron chi connectivity index (χ0n) is 28.0. The predicted octanol–water partition coefficient (Wildman–Crippen LogP) is 7.07. The first-order valence-electron chi connectivity index (χ1n) is 16.2. The van der Waals surface area contributed by atoms with Crippen LogP contribution in [0, 0.1) is 13.8 Å². The van der Waals surface area contributed by atoms with Crippen molar-refractivity contribution >= 4 is 27.5 Å². The average molecular weight is 676 g/mol. The molecule has 5 aromatic carbocycles. The Morgan fingerprint density at radius 1 is 0.714 bits per heavy atom. The van der Waals surface area contributed by atoms with Crippen molar-refractivity contribution in [2.24, 2.45) is 0 Å². The summed E-state index contributed by atoms with van der Waals surface area (Å²) in [5, 5.41) is 2.89. The molecule has 0 aliphatic heterocycles. The molecule has 1 atom stereocenters. The molecule has 0 fully saturated rings. The summed E-state index contributed by atoms with van der Waals surface area (Å²) in [7, 11) is -4.22. The van der Waals surface area contributed by atoms with Crippen LogP contribution in [0.4, 0.5) is 5.69 Å². The molecule has 1 N–H and O–H groups in total. The second kappa shape index (κ2) is 16.1. The summed E-state index contributed by atoms with van der Waals surface area (Å²) in [5.41, 5.74) is 3.88. The van der Waals surface area contributed by atoms with Crippen molar-refractivity contribution in [3.05, 3.63) is 156 Å². The summed E-state index contributed by atoms with van der Waals surface area (Å²) >= 11 is 0. The Hall–Kier alpha value is -5.41. The van der Waals surface area contributed by atoms with Crippen molar-refractivity contribution in [3.63, 3.8) is 0 Å². The first-order chi connectivity index (χ1) is 23.6. The highest BCUT2D eigenvalue weighted by Crippen LogP contribution is 2.29. The molecule has 8 nitrogen and oxygen atoms in total. The van der Waals surface area contributed by atoms with Crippen molar-refractivity contribution in [1.82, 2.24) is 10.2 Å². The van der Waals surface area contributed by atoms with E-state index >= 15 is 0 Å². The van der Waals surface area contributed by atoms with Gasteiger partial charge in [-0.05, 0) is 80.4 Å². The molecule has 0 aromatic heterocycles. The lowest BCUT2D eigenvalue weighted by molar-refractivity contribution is -0.140. The Balaban J connectivity index is 1.55. The smallest absolute Gasteiger partial charge is 0.264 e. The molecule has 0 saturated heterocycles. The number of carbonyl (C=O) groups excluding carboxylic acids is 2. The molecular formula is C40H41N3O5S. The van der Waals surface area contributed by atoms with Crippen LogP contribution in [-0.4, -0.2) is 44.3 Å². The molecule has 0 aliphatic carbocycles. The average Bonchev–Trinajstić information content (AvgIpc) is 3.10. The maximum atomic E-state index is 14.6. The van der Waals surface area contributed by atoms with Crippen LogP contribution in [0.15, 0.2) is 138 Å². The van der Waals surface area contributed by atoms with Crippen LogP contribution in [0.3, 0.4) is 0 Å². The fraction of sp³-hybridized carbons (Fsp3) is 0.200. The van der Waals surface area contributed by atoms with Gasteiger partial charge in [0.15, 0.2) is 0 Å². The molecule has 0 saturated carbocycles. The van der Waals surface area contributed by atoms with E-state index in [1.165, 1.54) is 17.0 Å². The molecule has 1 unspecified atom stereocenters. The number of hydrogen-bond donors (Lipinski definition) is 1. The van der Waals surface area contributed by atoms with Gasteiger partial charge in [-0.15, -0.1) is 0 Å². The number of benzene rings is 5. The number of anilines is 1. The quantitative estimate of drug-likeness (QED) is 0.136. The van der Waals surface area contributed by atoms with E-state index in [0.29, 0.717) is 18.0 Å². The standard InChI is InChI=1S/C40H41N3O5S/c1-4-41-40(45)38(27-32-13-7-5-8-14-32)42(28-33-15-11-12-31(3)26-33)39(44)29-43(49(46,47)37-24-18-30(2)19-25-37)34-20-22-36(23-21-34)48-35-16-9-6-10-17-35/h5-26,38H,4,27-29H2,1-3H3,(H,41,45). The van der Waals surface area contributed by atoms with Gasteiger partial charge in [-0.2, -0.15) is 0 Å². The molecule has 0 heterocycles. The van der Waals surface area contributed by atoms with Crippen LogP contribution < -0.4 is 14.4 Å². The van der Waals surface area contributed by atoms with Crippen molar-refractivity contribution in [2.75, 3.05) is 17.4 Å². The fourth-order valence-corrected chi connectivity index (χ4v) is 6.94. The largest absolute Gasteiger partial charge is 0.457 e. The van der Waals surface area contributed by atoms with E-state index < -0.39 is 28.5 Å². The van der Waals surface area contributed by atoms with Gasteiger partial charge in [0.2, 0.25) is 11.8 Å². The maximum absolute atomic E-state index is 14.6. The van der Waals surface area contributed by atoms with Crippen LogP contribution in [0.25, 0.3) is 0 Å². The first-order valence-corrected chi connectivity index (χ1v) is 17.7. The summed E-state index contributed by atoms with van der Waals surface area (Å²) in [5.74, 6) is 0.307. The molecule has 49 heavy (non-hydrogen) atoms. The number of ether oxygens (including phenoxy) is 1. The van der Waals surface area contributed by atoms with E-state index in [1.807, 2.05) is 106 Å². The molecule has 0 aliphatic rings. The van der Waals surface area contributed by atoms with Gasteiger partial charge in [0, 0.05) is 19.5 Å². The number of para-hydroxylation sites is 1. The molecule has 9 heteroatoms. The van der Waals surface area contributed by atoms with Crippen LogP contribution in [0.1, 0.15) is 29.2 Å². The number of nitrogens with one attached hydrogen (secondary N) is 1. The molecule has 0 bridgehead atoms. The monoisotopic (exact) mass is 675 g/mol. The minimum absolute atomic E-state index is 0.0466. The molecule has 5 rings (SSSR count). The highest BCUT2D eigenvalue weighted by molar-refractivity contribution is 7.92. The Morgan fingerprint density at radius 3 is 1.96 bits per heavy atom. The summed E-state index contributed by atoms with van der Waals surface area (Å²) < 4.78 is 35.7. The molecular weight excluding hydrogens is 635 g/mol. The zero-order valence-corrected chi connectivity index (χ0v) is 28.8. The Bertz CT molecular complexity index is 1950. The summed E-state index contributed by atoms with van der Waals surface area (Å²) in [6.07, 6.45) is 0.250. The van der Waals surface area contributed by atoms with Gasteiger partial charge in [-0.3, -0.25) is 13.9 Å². The summed E-state index contributed by atoms with van der Waals surface area (Å²) in [6, 6.07) is 38.7. The normalized spacial score (nSPS) is 11.7. The minimum Gasteiger partial charge on any atom is -0.457 e. The number of hydrogen-bond acceptors (Lipinski definition) is 5. The zero-order chi connectivity index (χ0) is 34.8. The first kappa shape index (κ1) is 34.9. The van der Waals surface area contributed by atoms with E-state index in [9.17, 15) is 18.0 Å². The van der Waals surface area contributed by atoms with E-state index in [4.69, 9.17) is 4.74 Å². The SMILES string of the molecule is CCNC(=O)C(Cc1ccccc1)N(Cc1cccc(C)c1)C(=O)CN(c1ccc(Oc2ccccc2)cc1)S(=O)(=O)c1ccc(C)cc1. The molecule has 0 radical (unpaired) electrons. The number of rotatable bonds is 14. The van der Waals surface area contributed by atoms with Gasteiger partial charge in [0.05, 0.1) is 10.6 Å². The van der Waals surface area contributed by atoms with Gasteiger partial charge in [-0.25, -0.2) is 8.42 Å². The van der Waals surface area contributed by atoms with Crippen LogP contribution in [-0.2, 0) is 32.6 Å². The third kappa shape index (κ3) is 9.15. The topological polar surface area (TPSA) is 96.0 Å². The van der Waals surface area contributed by atoms with Crippen LogP contribution in [0.5, 0.6) is 11.5 Å². The second-order valence-electron chi connectivity index (χ2n) is 11.8. The van der Waals surface area contributed by atoms with Gasteiger partial charge >= 0.3 is 0 Å². The van der Waals surface area contributed by atoms with E-state index in [2.05, 4.69) is 5.32 Å². The highest BCUT2D eigenvalue weighted by Gasteiger charge is 2.34. The lowest BCUT2D eigenvalue weighted by Gasteiger charge is -2.34. The highest BCUT2D eigenvalue weighted by atomic mass is 32.2. The van der Waals surface area contributed by atoms with Gasteiger partial charge in [-0.1, -0.05) is 96.1 Å². The van der Waals surface area contributed by atoms with Gasteiger partial charge in [0.1, 0.15) is 24.1 Å². The molecule has 2 amide bonds. The molecule has 0 spiro atoms. The Morgan fingerprint density at radius 2 is 1.33 bits per heavy atom. The van der Waals surface area contributed by atoms with Crippen LogP contribution in [0.2, 0.25) is 0 Å². The van der Waals surface area contributed by atoms with E-state index in [1.54, 1.807) is 36.4 Å². The van der Waals surface area contributed by atoms with E-state index in [-0.39, 0.29) is 29.5 Å². The van der Waals surface area contributed by atoms with Crippen molar-refractivity contribution in [2.45, 2.75) is 44.7 Å². The Labute approximate surface area is 289 Å². The molecule has 252 valence electrons. The van der Waals surface area contributed by atoms with Crippen molar-refractivity contribution in [3.8, 4) is 11.5 Å². The predicted molar refractivity (Wildman–Crippen MR) is 193 cm³/mol. The number of sulfonamides is 1. The third-order valence-corrected chi connectivity index (χ3v) is 9.84. The molecule has 5 aromatic rings. The third-order valence-electron chi connectivity index (χ3n) is 8.05. The lowest BCUT2D eigenvalue weighted by atomic mass is 10.0. The number of aryl methyl sites for hydroxylation is 2. The van der Waals surface area contributed by atoms with Gasteiger partial charge < -0.3 is 15.0 Å². The van der Waals surface area contributed by atoms with Crippen LogP contribution >= 0.6 is 0 Å². The minimum atomic E-state index is -4.22. The number of amides is 2. The second-order valence-corrected chi connectivity index (χ2v) is 13.7. The summed E-state index contributed by atoms with van der Waals surface area (Å²) in [4.78, 5) is 29.8. The van der Waals surface area contributed by atoms with E-state index in [0.717, 1.165) is 26.6 Å². The number of likely N-dealkylation sites (N-methyl/N-ethyl adjacent to an activating group) is 1. The fourth-order valence-electron chi connectivity index (χ4n) is 5.52. The van der Waals surface area contributed by atoms with Gasteiger partial charge in [0.25, 0.3) is 10.0 Å². The number of carbonyl (C=O) groups is 2. The lowest BCUT2D eigenvalue weighted by Crippen LogP contribution is -2.53. The summed E-state index contributed by atoms with van der Waals surface area (Å²) in [6.45, 7) is 5.61. The number of nitrogens with zero attached hydrogens (tertiary/aromatic N) is 2. The van der Waals surface area contributed by atoms with Crippen molar-refractivity contribution in [1.29, 1.82) is 0 Å². The maximum Gasteiger partial charge on any atom is 0.264 e. The van der Waals surface area contributed by atoms with Crippen molar-refractivity contribution < 1.29 is 22.7 Å². The Kier molecular flexibility index (Phi) is 11.5.